The molecule has 0 saturated heterocycles. The molecule has 10 heteroatoms. The summed E-state index contributed by atoms with van der Waals surface area (Å²) in [6, 6.07) is 17.3. The van der Waals surface area contributed by atoms with Gasteiger partial charge < -0.3 is 25.2 Å². The van der Waals surface area contributed by atoms with E-state index in [2.05, 4.69) is 24.5 Å². The number of halogens is 3. The lowest BCUT2D eigenvalue weighted by Gasteiger charge is -2.30. The van der Waals surface area contributed by atoms with Crippen molar-refractivity contribution >= 4 is 11.8 Å². The van der Waals surface area contributed by atoms with E-state index in [1.54, 1.807) is 22.8 Å². The number of alkyl halides is 3. The highest BCUT2D eigenvalue weighted by atomic mass is 19.4. The maximum atomic E-state index is 13.7. The fourth-order valence-electron chi connectivity index (χ4n) is 5.97. The van der Waals surface area contributed by atoms with Crippen LogP contribution in [0.5, 0.6) is 0 Å². The monoisotopic (exact) mass is 612 g/mol. The molecule has 2 heterocycles. The first kappa shape index (κ1) is 33.3. The zero-order valence-corrected chi connectivity index (χ0v) is 25.4. The summed E-state index contributed by atoms with van der Waals surface area (Å²) in [6.45, 7) is 5.58. The fourth-order valence-corrected chi connectivity index (χ4v) is 5.97. The Morgan fingerprint density at radius 3 is 2.34 bits per heavy atom. The summed E-state index contributed by atoms with van der Waals surface area (Å²) in [4.78, 5) is 29.2. The molecular formula is C34H43F3N4O3. The number of nitrogens with zero attached hydrogens (tertiary/aromatic N) is 2. The minimum Gasteiger partial charge on any atom is -0.390 e. The molecule has 3 aromatic rings. The summed E-state index contributed by atoms with van der Waals surface area (Å²) in [5.41, 5.74) is 1.47. The Bertz CT molecular complexity index is 1370. The maximum Gasteiger partial charge on any atom is 0.416 e. The van der Waals surface area contributed by atoms with Crippen molar-refractivity contribution in [2.24, 2.45) is 0 Å². The highest BCUT2D eigenvalue weighted by Crippen LogP contribution is 2.29. The Hall–Kier alpha value is -3.63. The van der Waals surface area contributed by atoms with Crippen LogP contribution in [0.25, 0.3) is 0 Å². The van der Waals surface area contributed by atoms with Crippen molar-refractivity contribution in [3.8, 4) is 0 Å². The number of carbonyl (C=O) groups is 2. The summed E-state index contributed by atoms with van der Waals surface area (Å²) in [5.74, 6) is -0.456. The number of aliphatic hydroxyl groups is 1. The van der Waals surface area contributed by atoms with Crippen LogP contribution >= 0.6 is 0 Å². The number of aliphatic hydroxyl groups excluding tert-OH is 1. The molecule has 2 atom stereocenters. The first-order valence-electron chi connectivity index (χ1n) is 15.5. The molecule has 1 aliphatic rings. The van der Waals surface area contributed by atoms with Gasteiger partial charge in [-0.15, -0.1) is 0 Å². The number of aromatic nitrogens is 1. The molecule has 1 aromatic heterocycles. The standard InChI is InChI=1S/C34H43F3N4O3/c1-3-10-27(11-4-2)40-18-9-19-41-29(16-17-30(41)33(40)44)32(43)39-28(21-24-12-6-5-7-13-24)31(42)23-38-22-25-14-8-15-26(20-25)34(35,36)37/h5-8,12-17,20,27-28,31,38,42H,3-4,9-11,18-19,21-23H2,1-2H3,(H,39,43)/t28-,31-/m0/s1. The van der Waals surface area contributed by atoms with Gasteiger partial charge >= 0.3 is 6.18 Å². The third-order valence-corrected chi connectivity index (χ3v) is 8.17. The summed E-state index contributed by atoms with van der Waals surface area (Å²) in [5, 5.41) is 17.2. The Labute approximate surface area is 257 Å². The third kappa shape index (κ3) is 8.51. The largest absolute Gasteiger partial charge is 0.416 e. The predicted molar refractivity (Wildman–Crippen MR) is 164 cm³/mol. The highest BCUT2D eigenvalue weighted by molar-refractivity contribution is 5.98. The molecule has 2 amide bonds. The Kier molecular flexibility index (Phi) is 11.6. The molecule has 0 aliphatic carbocycles. The van der Waals surface area contributed by atoms with E-state index >= 15 is 0 Å². The van der Waals surface area contributed by atoms with Gasteiger partial charge in [-0.3, -0.25) is 9.59 Å². The van der Waals surface area contributed by atoms with Crippen molar-refractivity contribution in [3.05, 3.63) is 94.8 Å². The van der Waals surface area contributed by atoms with Gasteiger partial charge in [0.25, 0.3) is 11.8 Å². The molecule has 0 unspecified atom stereocenters. The second-order valence-corrected chi connectivity index (χ2v) is 11.5. The van der Waals surface area contributed by atoms with Crippen LogP contribution in [0.1, 0.15) is 83.6 Å². The van der Waals surface area contributed by atoms with E-state index in [9.17, 15) is 27.9 Å². The van der Waals surface area contributed by atoms with E-state index in [0.29, 0.717) is 36.5 Å². The van der Waals surface area contributed by atoms with Crippen LogP contribution in [-0.2, 0) is 25.7 Å². The molecule has 4 rings (SSSR count). The summed E-state index contributed by atoms with van der Waals surface area (Å²) in [6.07, 6.45) is -0.547. The Balaban J connectivity index is 1.48. The minimum absolute atomic E-state index is 0.0456. The minimum atomic E-state index is -4.44. The van der Waals surface area contributed by atoms with Gasteiger partial charge in [-0.2, -0.15) is 13.2 Å². The normalized spacial score (nSPS) is 15.2. The topological polar surface area (TPSA) is 86.6 Å². The lowest BCUT2D eigenvalue weighted by molar-refractivity contribution is -0.137. The molecule has 7 nitrogen and oxygen atoms in total. The summed E-state index contributed by atoms with van der Waals surface area (Å²) >= 11 is 0. The average Bonchev–Trinajstić information content (AvgIpc) is 3.36. The van der Waals surface area contributed by atoms with Crippen molar-refractivity contribution in [1.82, 2.24) is 20.1 Å². The fraction of sp³-hybridized carbons (Fsp3) is 0.471. The number of rotatable bonds is 14. The number of benzene rings is 2. The van der Waals surface area contributed by atoms with Crippen molar-refractivity contribution < 1.29 is 27.9 Å². The molecule has 2 aromatic carbocycles. The first-order valence-corrected chi connectivity index (χ1v) is 15.5. The number of hydrogen-bond acceptors (Lipinski definition) is 4. The molecule has 1 aliphatic heterocycles. The highest BCUT2D eigenvalue weighted by Gasteiger charge is 2.32. The van der Waals surface area contributed by atoms with Crippen molar-refractivity contribution in [1.29, 1.82) is 0 Å². The van der Waals surface area contributed by atoms with E-state index in [1.807, 2.05) is 35.2 Å². The Morgan fingerprint density at radius 2 is 1.66 bits per heavy atom. The van der Waals surface area contributed by atoms with Gasteiger partial charge in [-0.05, 0) is 55.0 Å². The van der Waals surface area contributed by atoms with Crippen molar-refractivity contribution in [3.63, 3.8) is 0 Å². The Morgan fingerprint density at radius 1 is 0.955 bits per heavy atom. The number of nitrogens with one attached hydrogen (secondary N) is 2. The van der Waals surface area contributed by atoms with E-state index in [1.165, 1.54) is 6.07 Å². The second kappa shape index (κ2) is 15.4. The van der Waals surface area contributed by atoms with Crippen LogP contribution in [0.2, 0.25) is 0 Å². The molecule has 44 heavy (non-hydrogen) atoms. The van der Waals surface area contributed by atoms with Gasteiger partial charge in [0.2, 0.25) is 0 Å². The predicted octanol–water partition coefficient (Wildman–Crippen LogP) is 5.81. The maximum absolute atomic E-state index is 13.7. The second-order valence-electron chi connectivity index (χ2n) is 11.5. The van der Waals surface area contributed by atoms with E-state index < -0.39 is 29.8 Å². The van der Waals surface area contributed by atoms with Gasteiger partial charge in [0, 0.05) is 32.2 Å². The lowest BCUT2D eigenvalue weighted by atomic mass is 10.0. The molecule has 0 saturated carbocycles. The van der Waals surface area contributed by atoms with Crippen LogP contribution in [0.3, 0.4) is 0 Å². The van der Waals surface area contributed by atoms with Gasteiger partial charge in [-0.25, -0.2) is 0 Å². The number of hydrogen-bond donors (Lipinski definition) is 3. The van der Waals surface area contributed by atoms with E-state index in [-0.39, 0.29) is 25.0 Å². The van der Waals surface area contributed by atoms with Crippen LogP contribution in [0, 0.1) is 0 Å². The summed E-state index contributed by atoms with van der Waals surface area (Å²) in [7, 11) is 0. The molecule has 0 bridgehead atoms. The van der Waals surface area contributed by atoms with Crippen molar-refractivity contribution in [2.75, 3.05) is 13.1 Å². The molecule has 3 N–H and O–H groups in total. The van der Waals surface area contributed by atoms with Crippen LogP contribution in [0.4, 0.5) is 13.2 Å². The SMILES string of the molecule is CCCC(CCC)N1CCCn2c(C(=O)N[C@@H](Cc3ccccc3)[C@@H](O)CNCc3cccc(C(F)(F)F)c3)ccc2C1=O. The first-order chi connectivity index (χ1) is 21.1. The zero-order chi connectivity index (χ0) is 31.7. The number of fused-ring (bicyclic) bond motifs is 1. The van der Waals surface area contributed by atoms with Crippen LogP contribution in [-0.4, -0.2) is 57.7 Å². The molecule has 238 valence electrons. The van der Waals surface area contributed by atoms with Gasteiger partial charge in [0.05, 0.1) is 17.7 Å². The molecule has 0 spiro atoms. The van der Waals surface area contributed by atoms with Gasteiger partial charge in [-0.1, -0.05) is 75.2 Å². The third-order valence-electron chi connectivity index (χ3n) is 8.17. The van der Waals surface area contributed by atoms with Gasteiger partial charge in [0.1, 0.15) is 11.4 Å². The molecule has 0 fully saturated rings. The number of carbonyl (C=O) groups excluding carboxylic acids is 2. The molecular weight excluding hydrogens is 569 g/mol. The lowest BCUT2D eigenvalue weighted by Crippen LogP contribution is -2.49. The summed E-state index contributed by atoms with van der Waals surface area (Å²) < 4.78 is 41.1. The van der Waals surface area contributed by atoms with Crippen LogP contribution in [0.15, 0.2) is 66.7 Å². The smallest absolute Gasteiger partial charge is 0.390 e. The van der Waals surface area contributed by atoms with Crippen molar-refractivity contribution in [2.45, 2.75) is 89.8 Å². The van der Waals surface area contributed by atoms with Crippen LogP contribution < -0.4 is 10.6 Å². The quantitative estimate of drug-likeness (QED) is 0.214. The number of amides is 2. The zero-order valence-electron chi connectivity index (χ0n) is 25.4. The molecule has 0 radical (unpaired) electrons. The average molecular weight is 613 g/mol. The van der Waals surface area contributed by atoms with Gasteiger partial charge in [0.15, 0.2) is 0 Å². The van der Waals surface area contributed by atoms with E-state index in [0.717, 1.165) is 49.8 Å². The van der Waals surface area contributed by atoms with E-state index in [4.69, 9.17) is 0 Å².